The number of carbonyl (C=O) groups excluding carboxylic acids is 1. The van der Waals surface area contributed by atoms with Crippen LogP contribution in [0.3, 0.4) is 0 Å². The summed E-state index contributed by atoms with van der Waals surface area (Å²) in [5.74, 6) is 0.0723. The van der Waals surface area contributed by atoms with E-state index in [1.54, 1.807) is 31.3 Å². The average Bonchev–Trinajstić information content (AvgIpc) is 3.28. The zero-order chi connectivity index (χ0) is 23.2. The largest absolute Gasteiger partial charge is 0.489 e. The molecule has 0 radical (unpaired) electrons. The molecule has 7 heteroatoms. The summed E-state index contributed by atoms with van der Waals surface area (Å²) in [5, 5.41) is 0. The summed E-state index contributed by atoms with van der Waals surface area (Å²) in [4.78, 5) is 16.3. The lowest BCUT2D eigenvalue weighted by atomic mass is 10.1. The minimum absolute atomic E-state index is 0.273. The molecule has 0 bridgehead atoms. The topological polar surface area (TPSA) is 53.3 Å². The SMILES string of the molecule is CCOC(=O)c1cncc(-n2cccc2Cc2cc(Br)ccc2OCc2ccc(F)cc2)c1. The van der Waals surface area contributed by atoms with Crippen LogP contribution in [0.25, 0.3) is 5.69 Å². The number of rotatable bonds is 8. The van der Waals surface area contributed by atoms with E-state index in [4.69, 9.17) is 9.47 Å². The third-order valence-corrected chi connectivity index (χ3v) is 5.54. The number of ether oxygens (including phenoxy) is 2. The standard InChI is InChI=1S/C26H22BrFN2O3/c1-2-32-26(31)20-14-24(16-29-15-20)30-11-3-4-23(30)13-19-12-21(27)7-10-25(19)33-17-18-5-8-22(28)9-6-18/h3-12,14-16H,2,13,17H2,1H3. The molecule has 2 aromatic heterocycles. The fourth-order valence-corrected chi connectivity index (χ4v) is 3.87. The minimum Gasteiger partial charge on any atom is -0.489 e. The molecule has 4 rings (SSSR count). The van der Waals surface area contributed by atoms with Crippen LogP contribution in [0, 0.1) is 5.82 Å². The molecule has 2 aromatic carbocycles. The zero-order valence-electron chi connectivity index (χ0n) is 18.0. The predicted molar refractivity (Wildman–Crippen MR) is 127 cm³/mol. The molecule has 33 heavy (non-hydrogen) atoms. The van der Waals surface area contributed by atoms with Crippen molar-refractivity contribution < 1.29 is 18.7 Å². The molecular weight excluding hydrogens is 487 g/mol. The van der Waals surface area contributed by atoms with Crippen LogP contribution in [-0.4, -0.2) is 22.1 Å². The van der Waals surface area contributed by atoms with Gasteiger partial charge in [0.1, 0.15) is 18.2 Å². The molecule has 0 atom stereocenters. The van der Waals surface area contributed by atoms with Gasteiger partial charge in [0.15, 0.2) is 0 Å². The normalized spacial score (nSPS) is 10.8. The smallest absolute Gasteiger partial charge is 0.339 e. The lowest BCUT2D eigenvalue weighted by molar-refractivity contribution is 0.0526. The first-order chi connectivity index (χ1) is 16.0. The Labute approximate surface area is 199 Å². The summed E-state index contributed by atoms with van der Waals surface area (Å²) in [6.07, 6.45) is 5.73. The quantitative estimate of drug-likeness (QED) is 0.269. The molecule has 4 aromatic rings. The lowest BCUT2D eigenvalue weighted by Gasteiger charge is -2.14. The van der Waals surface area contributed by atoms with Gasteiger partial charge in [-0.2, -0.15) is 0 Å². The van der Waals surface area contributed by atoms with E-state index in [2.05, 4.69) is 20.9 Å². The zero-order valence-corrected chi connectivity index (χ0v) is 19.6. The van der Waals surface area contributed by atoms with Gasteiger partial charge in [-0.3, -0.25) is 4.98 Å². The summed E-state index contributed by atoms with van der Waals surface area (Å²) in [5.41, 5.74) is 4.04. The molecule has 0 fully saturated rings. The molecule has 0 aliphatic rings. The Kier molecular flexibility index (Phi) is 7.19. The van der Waals surface area contributed by atoms with E-state index in [0.29, 0.717) is 25.2 Å². The number of esters is 1. The van der Waals surface area contributed by atoms with Gasteiger partial charge in [-0.25, -0.2) is 9.18 Å². The number of carbonyl (C=O) groups is 1. The molecule has 0 unspecified atom stereocenters. The van der Waals surface area contributed by atoms with Gasteiger partial charge < -0.3 is 14.0 Å². The molecule has 0 saturated carbocycles. The monoisotopic (exact) mass is 508 g/mol. The van der Waals surface area contributed by atoms with Crippen LogP contribution in [0.15, 0.2) is 83.7 Å². The van der Waals surface area contributed by atoms with Crippen molar-refractivity contribution in [3.63, 3.8) is 0 Å². The number of benzene rings is 2. The highest BCUT2D eigenvalue weighted by molar-refractivity contribution is 9.10. The number of hydrogen-bond acceptors (Lipinski definition) is 4. The Morgan fingerprint density at radius 3 is 2.70 bits per heavy atom. The summed E-state index contributed by atoms with van der Waals surface area (Å²) in [6, 6.07) is 17.9. The number of hydrogen-bond donors (Lipinski definition) is 0. The van der Waals surface area contributed by atoms with Crippen molar-refractivity contribution >= 4 is 21.9 Å². The lowest BCUT2D eigenvalue weighted by Crippen LogP contribution is -2.07. The van der Waals surface area contributed by atoms with Gasteiger partial charge in [-0.15, -0.1) is 0 Å². The van der Waals surface area contributed by atoms with Gasteiger partial charge in [0.25, 0.3) is 0 Å². The second kappa shape index (κ2) is 10.4. The number of halogens is 2. The molecule has 0 aliphatic heterocycles. The molecule has 2 heterocycles. The van der Waals surface area contributed by atoms with E-state index in [1.807, 2.05) is 41.1 Å². The van der Waals surface area contributed by atoms with E-state index in [1.165, 1.54) is 18.3 Å². The van der Waals surface area contributed by atoms with E-state index in [9.17, 15) is 9.18 Å². The van der Waals surface area contributed by atoms with Gasteiger partial charge in [0.05, 0.1) is 24.1 Å². The van der Waals surface area contributed by atoms with Crippen LogP contribution in [0.2, 0.25) is 0 Å². The van der Waals surface area contributed by atoms with Crippen molar-refractivity contribution in [1.82, 2.24) is 9.55 Å². The highest BCUT2D eigenvalue weighted by Crippen LogP contribution is 2.28. The molecule has 5 nitrogen and oxygen atoms in total. The summed E-state index contributed by atoms with van der Waals surface area (Å²) in [6.45, 7) is 2.41. The number of aromatic nitrogens is 2. The van der Waals surface area contributed by atoms with Gasteiger partial charge in [-0.1, -0.05) is 28.1 Å². The Bertz CT molecular complexity index is 1250. The second-order valence-electron chi connectivity index (χ2n) is 7.37. The van der Waals surface area contributed by atoms with Crippen LogP contribution in [0.5, 0.6) is 5.75 Å². The van der Waals surface area contributed by atoms with Crippen LogP contribution in [0.1, 0.15) is 34.1 Å². The van der Waals surface area contributed by atoms with E-state index in [0.717, 1.165) is 32.7 Å². The van der Waals surface area contributed by atoms with Crippen LogP contribution in [-0.2, 0) is 17.8 Å². The van der Waals surface area contributed by atoms with Gasteiger partial charge in [-0.05, 0) is 61.0 Å². The number of nitrogens with zero attached hydrogens (tertiary/aromatic N) is 2. The van der Waals surface area contributed by atoms with E-state index in [-0.39, 0.29) is 5.82 Å². The Balaban J connectivity index is 1.58. The van der Waals surface area contributed by atoms with Crippen LogP contribution in [0.4, 0.5) is 4.39 Å². The third kappa shape index (κ3) is 5.68. The molecular formula is C26H22BrFN2O3. The fraction of sp³-hybridized carbons (Fsp3) is 0.154. The van der Waals surface area contributed by atoms with Crippen molar-refractivity contribution in [1.29, 1.82) is 0 Å². The van der Waals surface area contributed by atoms with Crippen molar-refractivity contribution in [3.8, 4) is 11.4 Å². The first kappa shape index (κ1) is 22.7. The molecule has 0 saturated heterocycles. The molecule has 0 spiro atoms. The van der Waals surface area contributed by atoms with Crippen molar-refractivity contribution in [3.05, 3.63) is 112 Å². The fourth-order valence-electron chi connectivity index (χ4n) is 3.46. The van der Waals surface area contributed by atoms with Gasteiger partial charge in [0.2, 0.25) is 0 Å². The van der Waals surface area contributed by atoms with Crippen molar-refractivity contribution in [2.75, 3.05) is 6.61 Å². The maximum atomic E-state index is 13.2. The summed E-state index contributed by atoms with van der Waals surface area (Å²) < 4.78 is 27.3. The summed E-state index contributed by atoms with van der Waals surface area (Å²) >= 11 is 3.54. The van der Waals surface area contributed by atoms with Gasteiger partial charge >= 0.3 is 5.97 Å². The number of pyridine rings is 1. The minimum atomic E-state index is -0.399. The highest BCUT2D eigenvalue weighted by atomic mass is 79.9. The molecule has 0 aliphatic carbocycles. The van der Waals surface area contributed by atoms with Crippen molar-refractivity contribution in [2.45, 2.75) is 20.0 Å². The molecule has 0 N–H and O–H groups in total. The maximum Gasteiger partial charge on any atom is 0.339 e. The van der Waals surface area contributed by atoms with E-state index >= 15 is 0 Å². The van der Waals surface area contributed by atoms with Gasteiger partial charge in [0, 0.05) is 34.5 Å². The second-order valence-corrected chi connectivity index (χ2v) is 8.28. The maximum absolute atomic E-state index is 13.2. The van der Waals surface area contributed by atoms with Crippen LogP contribution < -0.4 is 4.74 Å². The highest BCUT2D eigenvalue weighted by Gasteiger charge is 2.13. The predicted octanol–water partition coefficient (Wildman–Crippen LogP) is 6.12. The Morgan fingerprint density at radius 2 is 1.91 bits per heavy atom. The summed E-state index contributed by atoms with van der Waals surface area (Å²) in [7, 11) is 0. The molecule has 168 valence electrons. The van der Waals surface area contributed by atoms with E-state index < -0.39 is 5.97 Å². The first-order valence-electron chi connectivity index (χ1n) is 10.5. The Morgan fingerprint density at radius 1 is 1.09 bits per heavy atom. The Hall–Kier alpha value is -3.45. The van der Waals surface area contributed by atoms with Crippen molar-refractivity contribution in [2.24, 2.45) is 0 Å². The van der Waals surface area contributed by atoms with Crippen LogP contribution >= 0.6 is 15.9 Å². The average molecular weight is 509 g/mol. The molecule has 0 amide bonds. The third-order valence-electron chi connectivity index (χ3n) is 5.05. The first-order valence-corrected chi connectivity index (χ1v) is 11.3.